The van der Waals surface area contributed by atoms with Crippen molar-refractivity contribution < 1.29 is 0 Å². The number of hydrogen-bond donors (Lipinski definition) is 0. The van der Waals surface area contributed by atoms with Crippen molar-refractivity contribution in [2.24, 2.45) is 0 Å². The molecule has 8 heavy (non-hydrogen) atoms. The third-order valence-electron chi connectivity index (χ3n) is 0.362. The maximum Gasteiger partial charge on any atom is 0.0621 e. The van der Waals surface area contributed by atoms with Crippen LogP contribution in [0.3, 0.4) is 0 Å². The average Bonchev–Trinajstić information content (AvgIpc) is 1.75. The van der Waals surface area contributed by atoms with Crippen molar-refractivity contribution in [3.8, 4) is 6.07 Å². The molecule has 0 aromatic heterocycles. The summed E-state index contributed by atoms with van der Waals surface area (Å²) in [5, 5.41) is 7.82. The van der Waals surface area contributed by atoms with E-state index in [0.29, 0.717) is 6.42 Å². The van der Waals surface area contributed by atoms with Gasteiger partial charge in [0, 0.05) is 6.42 Å². The maximum atomic E-state index is 7.82. The summed E-state index contributed by atoms with van der Waals surface area (Å²) in [6.07, 6.45) is 1.68. The highest BCUT2D eigenvalue weighted by Gasteiger charge is 1.65. The molecule has 0 unspecified atom stereocenters. The lowest BCUT2D eigenvalue weighted by molar-refractivity contribution is 0.969. The van der Waals surface area contributed by atoms with Crippen LogP contribution in [0.15, 0.2) is 0 Å². The van der Waals surface area contributed by atoms with Gasteiger partial charge in [-0.15, -0.1) is 0 Å². The van der Waals surface area contributed by atoms with Gasteiger partial charge in [-0.2, -0.15) is 5.26 Å². The first-order chi connectivity index (χ1) is 3.41. The molecule has 0 aliphatic heterocycles. The average molecular weight is 115 g/mol. The predicted octanol–water partition coefficient (Wildman–Crippen LogP) is 2.97. The molecule has 0 spiro atoms. The van der Waals surface area contributed by atoms with Crippen LogP contribution in [-0.2, 0) is 0 Å². The lowest BCUT2D eigenvalue weighted by atomic mass is 10.4. The summed E-state index contributed by atoms with van der Waals surface area (Å²) < 4.78 is 0. The number of nitriles is 1. The van der Waals surface area contributed by atoms with E-state index >= 15 is 0 Å². The van der Waals surface area contributed by atoms with Crippen LogP contribution in [0.25, 0.3) is 0 Å². The van der Waals surface area contributed by atoms with Gasteiger partial charge in [-0.25, -0.2) is 0 Å². The van der Waals surface area contributed by atoms with E-state index in [-0.39, 0.29) is 7.43 Å². The van der Waals surface area contributed by atoms with Crippen LogP contribution in [0.4, 0.5) is 0 Å². The fourth-order valence-corrected chi connectivity index (χ4v) is 0.112. The minimum absolute atomic E-state index is 0. The summed E-state index contributed by atoms with van der Waals surface area (Å²) in [4.78, 5) is 0. The molecule has 0 saturated carbocycles. The van der Waals surface area contributed by atoms with E-state index in [4.69, 9.17) is 5.26 Å². The van der Waals surface area contributed by atoms with E-state index in [2.05, 4.69) is 0 Å². The molecule has 0 aromatic rings. The SMILES string of the molecule is C.CC.CCCC#N. The van der Waals surface area contributed by atoms with Gasteiger partial charge in [0.1, 0.15) is 0 Å². The lowest BCUT2D eigenvalue weighted by Crippen LogP contribution is -1.53. The molecule has 0 amide bonds. The molecule has 0 heterocycles. The Kier molecular flexibility index (Phi) is 61.7. The zero-order valence-corrected chi connectivity index (χ0v) is 5.36. The zero-order chi connectivity index (χ0) is 6.12. The van der Waals surface area contributed by atoms with Gasteiger partial charge in [0.05, 0.1) is 6.07 Å². The third kappa shape index (κ3) is 49.9. The molecule has 0 saturated heterocycles. The van der Waals surface area contributed by atoms with Crippen LogP contribution in [0.2, 0.25) is 0 Å². The van der Waals surface area contributed by atoms with Crippen LogP contribution >= 0.6 is 0 Å². The Morgan fingerprint density at radius 1 is 1.38 bits per heavy atom. The van der Waals surface area contributed by atoms with Gasteiger partial charge in [0.15, 0.2) is 0 Å². The second-order valence-electron chi connectivity index (χ2n) is 0.908. The van der Waals surface area contributed by atoms with Gasteiger partial charge >= 0.3 is 0 Å². The van der Waals surface area contributed by atoms with Crippen LogP contribution in [0.5, 0.6) is 0 Å². The van der Waals surface area contributed by atoms with Crippen molar-refractivity contribution in [3.05, 3.63) is 0 Å². The van der Waals surface area contributed by atoms with E-state index in [1.165, 1.54) is 0 Å². The highest BCUT2D eigenvalue weighted by molar-refractivity contribution is 4.65. The fourth-order valence-electron chi connectivity index (χ4n) is 0.112. The molecule has 0 bridgehead atoms. The molecule has 0 atom stereocenters. The standard InChI is InChI=1S/C4H7N.C2H6.CH4/c1-2-3-4-5;1-2;/h2-3H2,1H3;1-2H3;1H4. The third-order valence-corrected chi connectivity index (χ3v) is 0.362. The highest BCUT2D eigenvalue weighted by atomic mass is 14.2. The van der Waals surface area contributed by atoms with Gasteiger partial charge in [-0.1, -0.05) is 28.2 Å². The topological polar surface area (TPSA) is 23.8 Å². The van der Waals surface area contributed by atoms with Crippen molar-refractivity contribution in [3.63, 3.8) is 0 Å². The predicted molar refractivity (Wildman–Crippen MR) is 38.6 cm³/mol. The Bertz CT molecular complexity index is 42.8. The van der Waals surface area contributed by atoms with E-state index in [1.807, 2.05) is 26.8 Å². The van der Waals surface area contributed by atoms with Gasteiger partial charge in [-0.05, 0) is 6.42 Å². The van der Waals surface area contributed by atoms with Crippen LogP contribution in [0.1, 0.15) is 41.0 Å². The second-order valence-corrected chi connectivity index (χ2v) is 0.908. The lowest BCUT2D eigenvalue weighted by Gasteiger charge is -1.65. The maximum absolute atomic E-state index is 7.82. The Morgan fingerprint density at radius 2 is 1.75 bits per heavy atom. The van der Waals surface area contributed by atoms with Crippen molar-refractivity contribution in [2.75, 3.05) is 0 Å². The summed E-state index contributed by atoms with van der Waals surface area (Å²) >= 11 is 0. The monoisotopic (exact) mass is 115 g/mol. The highest BCUT2D eigenvalue weighted by Crippen LogP contribution is 1.77. The van der Waals surface area contributed by atoms with Crippen molar-refractivity contribution >= 4 is 0 Å². The number of rotatable bonds is 1. The molecule has 0 rings (SSSR count). The largest absolute Gasteiger partial charge is 0.198 e. The van der Waals surface area contributed by atoms with Crippen molar-refractivity contribution in [1.82, 2.24) is 0 Å². The van der Waals surface area contributed by atoms with E-state index < -0.39 is 0 Å². The van der Waals surface area contributed by atoms with Gasteiger partial charge < -0.3 is 0 Å². The van der Waals surface area contributed by atoms with Gasteiger partial charge in [-0.3, -0.25) is 0 Å². The molecule has 1 heteroatoms. The molecule has 0 aliphatic rings. The summed E-state index contributed by atoms with van der Waals surface area (Å²) in [7, 11) is 0. The Labute approximate surface area is 53.3 Å². The first-order valence-corrected chi connectivity index (χ1v) is 2.78. The zero-order valence-electron chi connectivity index (χ0n) is 5.36. The fraction of sp³-hybridized carbons (Fsp3) is 0.857. The molecule has 1 nitrogen and oxygen atoms in total. The van der Waals surface area contributed by atoms with Crippen LogP contribution in [-0.4, -0.2) is 0 Å². The Balaban J connectivity index is -0.0000000750. The van der Waals surface area contributed by atoms with Crippen LogP contribution < -0.4 is 0 Å². The smallest absolute Gasteiger partial charge is 0.0621 e. The summed E-state index contributed by atoms with van der Waals surface area (Å²) in [5.74, 6) is 0. The summed E-state index contributed by atoms with van der Waals surface area (Å²) in [5.41, 5.74) is 0. The molecular formula is C7H17N. The van der Waals surface area contributed by atoms with E-state index in [1.54, 1.807) is 0 Å². The minimum atomic E-state index is 0. The summed E-state index contributed by atoms with van der Waals surface area (Å²) in [6.45, 7) is 5.99. The quantitative estimate of drug-likeness (QED) is 0.515. The van der Waals surface area contributed by atoms with E-state index in [0.717, 1.165) is 6.42 Å². The van der Waals surface area contributed by atoms with E-state index in [9.17, 15) is 0 Å². The molecular weight excluding hydrogens is 98.1 g/mol. The first-order valence-electron chi connectivity index (χ1n) is 2.78. The minimum Gasteiger partial charge on any atom is -0.198 e. The molecule has 0 N–H and O–H groups in total. The van der Waals surface area contributed by atoms with Crippen molar-refractivity contribution in [1.29, 1.82) is 5.26 Å². The molecule has 0 aliphatic carbocycles. The molecule has 0 fully saturated rings. The summed E-state index contributed by atoms with van der Waals surface area (Å²) in [6, 6.07) is 2.02. The molecule has 0 radical (unpaired) electrons. The van der Waals surface area contributed by atoms with Gasteiger partial charge in [0.2, 0.25) is 0 Å². The second kappa shape index (κ2) is 31.5. The van der Waals surface area contributed by atoms with Crippen LogP contribution in [0, 0.1) is 11.3 Å². The normalized spacial score (nSPS) is 4.75. The Morgan fingerprint density at radius 3 is 1.75 bits per heavy atom. The first kappa shape index (κ1) is 15.6. The molecule has 0 aromatic carbocycles. The molecule has 50 valence electrons. The van der Waals surface area contributed by atoms with Gasteiger partial charge in [0.25, 0.3) is 0 Å². The Hall–Kier alpha value is -0.510. The van der Waals surface area contributed by atoms with Crippen molar-refractivity contribution in [2.45, 2.75) is 41.0 Å². The number of unbranched alkanes of at least 4 members (excludes halogenated alkanes) is 1. The number of nitrogens with zero attached hydrogens (tertiary/aromatic N) is 1. The number of hydrogen-bond acceptors (Lipinski definition) is 1.